The third-order valence-electron chi connectivity index (χ3n) is 2.80. The zero-order valence-electron chi connectivity index (χ0n) is 10.5. The summed E-state index contributed by atoms with van der Waals surface area (Å²) >= 11 is 0. The van der Waals surface area contributed by atoms with Crippen LogP contribution in [0.25, 0.3) is 0 Å². The number of rotatable bonds is 4. The van der Waals surface area contributed by atoms with E-state index in [0.717, 1.165) is 11.6 Å². The first kappa shape index (κ1) is 13.6. The van der Waals surface area contributed by atoms with Crippen LogP contribution < -0.4 is 10.2 Å². The molecule has 0 atom stereocenters. The van der Waals surface area contributed by atoms with Crippen LogP contribution in [0.4, 0.5) is 4.39 Å². The number of ether oxygens (including phenoxy) is 1. The lowest BCUT2D eigenvalue weighted by Gasteiger charge is -2.11. The predicted molar refractivity (Wildman–Crippen MR) is 71.7 cm³/mol. The van der Waals surface area contributed by atoms with Crippen molar-refractivity contribution in [3.63, 3.8) is 0 Å². The molecule has 0 aliphatic rings. The molecule has 0 aromatic heterocycles. The lowest BCUT2D eigenvalue weighted by molar-refractivity contribution is 0.306. The van der Waals surface area contributed by atoms with Crippen molar-refractivity contribution in [2.75, 3.05) is 0 Å². The number of halogens is 1. The zero-order valence-corrected chi connectivity index (χ0v) is 10.5. The summed E-state index contributed by atoms with van der Waals surface area (Å²) in [5.41, 5.74) is 1.78. The van der Waals surface area contributed by atoms with Gasteiger partial charge in [0, 0.05) is 0 Å². The Morgan fingerprint density at radius 1 is 1.11 bits per heavy atom. The predicted octanol–water partition coefficient (Wildman–Crippen LogP) is 1.39. The largest absolute Gasteiger partial charge is 0.489 e. The van der Waals surface area contributed by atoms with Gasteiger partial charge in [0.05, 0.1) is 0 Å². The summed E-state index contributed by atoms with van der Waals surface area (Å²) in [7, 11) is -1.72. The van der Waals surface area contributed by atoms with Gasteiger partial charge in [-0.15, -0.1) is 0 Å². The molecule has 0 unspecified atom stereocenters. The molecule has 2 aromatic rings. The van der Waals surface area contributed by atoms with Gasteiger partial charge < -0.3 is 14.8 Å². The Bertz CT molecular complexity index is 555. The SMILES string of the molecule is Cc1ccc(OCc2ccc(F)cc2B(O)O)cc1. The number of hydrogen-bond acceptors (Lipinski definition) is 3. The highest BCUT2D eigenvalue weighted by molar-refractivity contribution is 6.59. The summed E-state index contributed by atoms with van der Waals surface area (Å²) < 4.78 is 18.6. The Morgan fingerprint density at radius 2 is 1.79 bits per heavy atom. The number of benzene rings is 2. The van der Waals surface area contributed by atoms with E-state index in [1.165, 1.54) is 12.1 Å². The number of aryl methyl sites for hydroxylation is 1. The second-order valence-corrected chi connectivity index (χ2v) is 4.32. The quantitative estimate of drug-likeness (QED) is 0.817. The van der Waals surface area contributed by atoms with Crippen LogP contribution in [0, 0.1) is 12.7 Å². The van der Waals surface area contributed by atoms with Crippen molar-refractivity contribution in [1.82, 2.24) is 0 Å². The lowest BCUT2D eigenvalue weighted by atomic mass is 9.77. The normalized spacial score (nSPS) is 10.3. The highest BCUT2D eigenvalue weighted by atomic mass is 19.1. The van der Waals surface area contributed by atoms with E-state index in [4.69, 9.17) is 4.74 Å². The van der Waals surface area contributed by atoms with Crippen LogP contribution in [0.2, 0.25) is 0 Å². The van der Waals surface area contributed by atoms with Crippen LogP contribution in [0.15, 0.2) is 42.5 Å². The van der Waals surface area contributed by atoms with Gasteiger partial charge in [0.2, 0.25) is 0 Å². The Balaban J connectivity index is 2.13. The van der Waals surface area contributed by atoms with E-state index in [2.05, 4.69) is 0 Å². The summed E-state index contributed by atoms with van der Waals surface area (Å²) in [6.45, 7) is 2.13. The smallest absolute Gasteiger partial charge is 0.488 e. The van der Waals surface area contributed by atoms with Gasteiger partial charge in [-0.2, -0.15) is 0 Å². The first-order chi connectivity index (χ1) is 9.06. The molecule has 3 nitrogen and oxygen atoms in total. The number of hydrogen-bond donors (Lipinski definition) is 2. The van der Waals surface area contributed by atoms with Gasteiger partial charge in [-0.1, -0.05) is 23.8 Å². The molecule has 2 N–H and O–H groups in total. The summed E-state index contributed by atoms with van der Waals surface area (Å²) in [6, 6.07) is 11.3. The molecular formula is C14H14BFO3. The maximum Gasteiger partial charge on any atom is 0.488 e. The Labute approximate surface area is 111 Å². The van der Waals surface area contributed by atoms with Gasteiger partial charge in [-0.25, -0.2) is 4.39 Å². The first-order valence-electron chi connectivity index (χ1n) is 5.90. The fraction of sp³-hybridized carbons (Fsp3) is 0.143. The van der Waals surface area contributed by atoms with Crippen LogP contribution >= 0.6 is 0 Å². The van der Waals surface area contributed by atoms with Gasteiger partial charge >= 0.3 is 7.12 Å². The molecule has 0 aliphatic carbocycles. The van der Waals surface area contributed by atoms with E-state index in [-0.39, 0.29) is 12.1 Å². The Kier molecular flexibility index (Phi) is 4.19. The van der Waals surface area contributed by atoms with Crippen molar-refractivity contribution >= 4 is 12.6 Å². The van der Waals surface area contributed by atoms with Crippen molar-refractivity contribution in [2.45, 2.75) is 13.5 Å². The summed E-state index contributed by atoms with van der Waals surface area (Å²) in [5.74, 6) is 0.162. The van der Waals surface area contributed by atoms with E-state index < -0.39 is 12.9 Å². The molecule has 0 spiro atoms. The van der Waals surface area contributed by atoms with Crippen LogP contribution in [-0.4, -0.2) is 17.2 Å². The molecule has 98 valence electrons. The van der Waals surface area contributed by atoms with E-state index >= 15 is 0 Å². The van der Waals surface area contributed by atoms with Crippen molar-refractivity contribution in [1.29, 1.82) is 0 Å². The Morgan fingerprint density at radius 3 is 2.42 bits per heavy atom. The second kappa shape index (κ2) is 5.86. The fourth-order valence-electron chi connectivity index (χ4n) is 1.73. The zero-order chi connectivity index (χ0) is 13.8. The molecule has 19 heavy (non-hydrogen) atoms. The van der Waals surface area contributed by atoms with Gasteiger partial charge in [-0.3, -0.25) is 0 Å². The third kappa shape index (κ3) is 3.56. The van der Waals surface area contributed by atoms with Crippen LogP contribution in [0.3, 0.4) is 0 Å². The van der Waals surface area contributed by atoms with Gasteiger partial charge in [0.15, 0.2) is 0 Å². The maximum absolute atomic E-state index is 13.1. The van der Waals surface area contributed by atoms with E-state index in [0.29, 0.717) is 11.3 Å². The monoisotopic (exact) mass is 260 g/mol. The minimum atomic E-state index is -1.72. The highest BCUT2D eigenvalue weighted by Crippen LogP contribution is 2.13. The van der Waals surface area contributed by atoms with Gasteiger partial charge in [0.25, 0.3) is 0 Å². The molecule has 0 bridgehead atoms. The molecule has 0 radical (unpaired) electrons. The molecule has 0 amide bonds. The van der Waals surface area contributed by atoms with E-state index in [1.807, 2.05) is 31.2 Å². The molecule has 0 fully saturated rings. The molecule has 2 aromatic carbocycles. The summed E-state index contributed by atoms with van der Waals surface area (Å²) in [4.78, 5) is 0. The van der Waals surface area contributed by atoms with E-state index in [1.54, 1.807) is 0 Å². The average molecular weight is 260 g/mol. The highest BCUT2D eigenvalue weighted by Gasteiger charge is 2.17. The first-order valence-corrected chi connectivity index (χ1v) is 5.90. The molecule has 5 heteroatoms. The summed E-state index contributed by atoms with van der Waals surface area (Å²) in [5, 5.41) is 18.4. The average Bonchev–Trinajstić information content (AvgIpc) is 2.39. The standard InChI is InChI=1S/C14H14BFO3/c1-10-2-6-13(7-3-10)19-9-11-4-5-12(16)8-14(11)15(17)18/h2-8,17-18H,9H2,1H3. The summed E-state index contributed by atoms with van der Waals surface area (Å²) in [6.07, 6.45) is 0. The molecular weight excluding hydrogens is 246 g/mol. The van der Waals surface area contributed by atoms with Crippen molar-refractivity contribution in [3.8, 4) is 5.75 Å². The minimum Gasteiger partial charge on any atom is -0.489 e. The van der Waals surface area contributed by atoms with Gasteiger partial charge in [-0.05, 0) is 42.2 Å². The molecule has 0 heterocycles. The van der Waals surface area contributed by atoms with Crippen molar-refractivity contribution in [3.05, 3.63) is 59.4 Å². The topological polar surface area (TPSA) is 49.7 Å². The van der Waals surface area contributed by atoms with Crippen LogP contribution in [0.5, 0.6) is 5.75 Å². The molecule has 0 aliphatic heterocycles. The fourth-order valence-corrected chi connectivity index (χ4v) is 1.73. The third-order valence-corrected chi connectivity index (χ3v) is 2.80. The lowest BCUT2D eigenvalue weighted by Crippen LogP contribution is -2.34. The molecule has 0 saturated heterocycles. The maximum atomic E-state index is 13.1. The molecule has 0 saturated carbocycles. The second-order valence-electron chi connectivity index (χ2n) is 4.32. The van der Waals surface area contributed by atoms with Crippen LogP contribution in [-0.2, 0) is 6.61 Å². The molecule has 2 rings (SSSR count). The van der Waals surface area contributed by atoms with Crippen molar-refractivity contribution in [2.24, 2.45) is 0 Å². The van der Waals surface area contributed by atoms with Crippen molar-refractivity contribution < 1.29 is 19.2 Å². The Hall–Kier alpha value is -1.85. The minimum absolute atomic E-state index is 0.118. The van der Waals surface area contributed by atoms with Gasteiger partial charge in [0.1, 0.15) is 18.2 Å². The van der Waals surface area contributed by atoms with Crippen LogP contribution in [0.1, 0.15) is 11.1 Å². The van der Waals surface area contributed by atoms with E-state index in [9.17, 15) is 14.4 Å².